The molecule has 0 unspecified atom stereocenters. The molecule has 4 heterocycles. The van der Waals surface area contributed by atoms with Crippen LogP contribution in [-0.2, 0) is 10.8 Å². The molecule has 0 spiro atoms. The summed E-state index contributed by atoms with van der Waals surface area (Å²) < 4.78 is 10.0. The summed E-state index contributed by atoms with van der Waals surface area (Å²) >= 11 is 0. The zero-order valence-electron chi connectivity index (χ0n) is 50.1. The number of aromatic nitrogens is 2. The first kappa shape index (κ1) is 53.7. The SMILES string of the molecule is Cc1cc2c(cc1Oc1cc(C3=NC(C)(C)[C@](C)(C(c4ccccc4)c4ccccc4)N3c3c(C(C)C)cccc3C(C)C)cc(-c3c(C(C)C)cccc3C(C)C)c1)-n1c3ncccc3c3cc(C(C)(C)C)cc(c31)C2(C)C. The Balaban J connectivity index is 1.19. The van der Waals surface area contributed by atoms with E-state index in [0.29, 0.717) is 0 Å². The van der Waals surface area contributed by atoms with Crippen molar-refractivity contribution in [3.05, 3.63) is 219 Å². The zero-order chi connectivity index (χ0) is 56.2. The van der Waals surface area contributed by atoms with E-state index in [1.165, 1.54) is 72.2 Å². The number of fused-ring (bicyclic) bond motifs is 5. The number of nitrogens with zero attached hydrogens (tertiary/aromatic N) is 4. The van der Waals surface area contributed by atoms with Gasteiger partial charge in [-0.25, -0.2) is 4.98 Å². The van der Waals surface area contributed by atoms with Gasteiger partial charge < -0.3 is 9.64 Å². The van der Waals surface area contributed by atoms with Gasteiger partial charge in [0.25, 0.3) is 0 Å². The molecule has 0 saturated carbocycles. The summed E-state index contributed by atoms with van der Waals surface area (Å²) in [5.74, 6) is 3.50. The molecular formula is C74H82N4O. The molecule has 404 valence electrons. The lowest BCUT2D eigenvalue weighted by Crippen LogP contribution is -2.60. The average molecular weight is 1040 g/mol. The Bertz CT molecular complexity index is 3750. The van der Waals surface area contributed by atoms with Crippen LogP contribution in [0, 0.1) is 6.92 Å². The van der Waals surface area contributed by atoms with Crippen molar-refractivity contribution in [3.8, 4) is 28.3 Å². The Kier molecular flexibility index (Phi) is 13.3. The van der Waals surface area contributed by atoms with Gasteiger partial charge in [-0.15, -0.1) is 0 Å². The molecule has 0 N–H and O–H groups in total. The maximum atomic E-state index is 7.59. The van der Waals surface area contributed by atoms with E-state index in [9.17, 15) is 0 Å². The second kappa shape index (κ2) is 19.5. The number of aryl methyl sites for hydroxylation is 1. The number of benzene rings is 7. The minimum Gasteiger partial charge on any atom is -0.457 e. The summed E-state index contributed by atoms with van der Waals surface area (Å²) in [4.78, 5) is 14.0. The highest BCUT2D eigenvalue weighted by Crippen LogP contribution is 2.56. The molecule has 0 bridgehead atoms. The maximum absolute atomic E-state index is 7.59. The molecule has 5 heteroatoms. The van der Waals surface area contributed by atoms with Gasteiger partial charge in [0.2, 0.25) is 0 Å². The summed E-state index contributed by atoms with van der Waals surface area (Å²) in [7, 11) is 0. The van der Waals surface area contributed by atoms with Gasteiger partial charge in [0.1, 0.15) is 23.0 Å². The van der Waals surface area contributed by atoms with Crippen molar-refractivity contribution in [3.63, 3.8) is 0 Å². The summed E-state index contributed by atoms with van der Waals surface area (Å²) in [6, 6.07) is 57.1. The molecule has 0 radical (unpaired) electrons. The first-order valence-electron chi connectivity index (χ1n) is 29.1. The van der Waals surface area contributed by atoms with Crippen molar-refractivity contribution >= 4 is 33.5 Å². The first-order chi connectivity index (χ1) is 37.4. The fourth-order valence-electron chi connectivity index (χ4n) is 13.5. The fourth-order valence-corrected chi connectivity index (χ4v) is 13.5. The molecule has 5 nitrogen and oxygen atoms in total. The van der Waals surface area contributed by atoms with E-state index in [2.05, 4.69) is 279 Å². The molecule has 9 aromatic rings. The van der Waals surface area contributed by atoms with Crippen LogP contribution in [0.5, 0.6) is 11.5 Å². The summed E-state index contributed by atoms with van der Waals surface area (Å²) in [5, 5.41) is 2.41. The highest BCUT2D eigenvalue weighted by Gasteiger charge is 2.59. The van der Waals surface area contributed by atoms with E-state index in [0.717, 1.165) is 50.7 Å². The lowest BCUT2D eigenvalue weighted by Gasteiger charge is -2.51. The van der Waals surface area contributed by atoms with Crippen LogP contribution in [0.1, 0.15) is 202 Å². The van der Waals surface area contributed by atoms with Crippen molar-refractivity contribution in [1.82, 2.24) is 9.55 Å². The van der Waals surface area contributed by atoms with Gasteiger partial charge in [0.15, 0.2) is 0 Å². The number of para-hydroxylation sites is 1. The third kappa shape index (κ3) is 8.73. The Morgan fingerprint density at radius 2 is 1.10 bits per heavy atom. The van der Waals surface area contributed by atoms with Crippen LogP contribution in [0.25, 0.3) is 38.8 Å². The van der Waals surface area contributed by atoms with E-state index in [1.54, 1.807) is 0 Å². The normalized spacial score (nSPS) is 16.8. The Labute approximate surface area is 471 Å². The van der Waals surface area contributed by atoms with Gasteiger partial charge in [-0.2, -0.15) is 0 Å². The van der Waals surface area contributed by atoms with Crippen LogP contribution < -0.4 is 9.64 Å². The minimum atomic E-state index is -0.625. The van der Waals surface area contributed by atoms with Crippen LogP contribution in [0.3, 0.4) is 0 Å². The first-order valence-corrected chi connectivity index (χ1v) is 29.1. The van der Waals surface area contributed by atoms with E-state index in [-0.39, 0.29) is 40.4 Å². The van der Waals surface area contributed by atoms with Crippen LogP contribution in [0.2, 0.25) is 0 Å². The predicted molar refractivity (Wildman–Crippen MR) is 335 cm³/mol. The molecule has 0 aliphatic carbocycles. The van der Waals surface area contributed by atoms with E-state index in [4.69, 9.17) is 14.7 Å². The molecule has 0 saturated heterocycles. The second-order valence-electron chi connectivity index (χ2n) is 26.4. The van der Waals surface area contributed by atoms with Gasteiger partial charge in [-0.3, -0.25) is 9.56 Å². The van der Waals surface area contributed by atoms with E-state index < -0.39 is 11.1 Å². The predicted octanol–water partition coefficient (Wildman–Crippen LogP) is 20.0. The monoisotopic (exact) mass is 1040 g/mol. The Morgan fingerprint density at radius 3 is 1.66 bits per heavy atom. The van der Waals surface area contributed by atoms with Gasteiger partial charge in [0.05, 0.1) is 28.0 Å². The van der Waals surface area contributed by atoms with Crippen LogP contribution in [0.15, 0.2) is 163 Å². The van der Waals surface area contributed by atoms with Crippen molar-refractivity contribution < 1.29 is 4.74 Å². The molecule has 1 atom stereocenters. The minimum absolute atomic E-state index is 0.0280. The van der Waals surface area contributed by atoms with E-state index >= 15 is 0 Å². The zero-order valence-corrected chi connectivity index (χ0v) is 50.1. The molecule has 11 rings (SSSR count). The fraction of sp³-hybridized carbons (Fsp3) is 0.351. The van der Waals surface area contributed by atoms with Crippen molar-refractivity contribution in [2.45, 2.75) is 169 Å². The van der Waals surface area contributed by atoms with Crippen LogP contribution >= 0.6 is 0 Å². The smallest absolute Gasteiger partial charge is 0.145 e. The molecule has 2 aliphatic rings. The maximum Gasteiger partial charge on any atom is 0.145 e. The number of hydrogen-bond donors (Lipinski definition) is 0. The lowest BCUT2D eigenvalue weighted by atomic mass is 9.66. The summed E-state index contributed by atoms with van der Waals surface area (Å²) in [5.41, 5.74) is 19.2. The number of ether oxygens (including phenoxy) is 1. The highest BCUT2D eigenvalue weighted by atomic mass is 16.5. The number of anilines is 1. The molecule has 2 aliphatic heterocycles. The third-order valence-corrected chi connectivity index (χ3v) is 18.1. The van der Waals surface area contributed by atoms with Gasteiger partial charge in [-0.1, -0.05) is 193 Å². The van der Waals surface area contributed by atoms with Crippen LogP contribution in [0.4, 0.5) is 5.69 Å². The van der Waals surface area contributed by atoms with Crippen molar-refractivity contribution in [2.75, 3.05) is 4.90 Å². The molecule has 0 amide bonds. The molecule has 79 heavy (non-hydrogen) atoms. The third-order valence-electron chi connectivity index (χ3n) is 18.1. The Hall–Kier alpha value is -7.24. The van der Waals surface area contributed by atoms with Crippen LogP contribution in [-0.4, -0.2) is 26.5 Å². The highest BCUT2D eigenvalue weighted by molar-refractivity contribution is 6.15. The van der Waals surface area contributed by atoms with Crippen molar-refractivity contribution in [2.24, 2.45) is 4.99 Å². The topological polar surface area (TPSA) is 42.6 Å². The largest absolute Gasteiger partial charge is 0.457 e. The molecule has 2 aromatic heterocycles. The quantitative estimate of drug-likeness (QED) is 0.122. The average Bonchev–Trinajstić information content (AvgIpc) is 3.08. The Morgan fingerprint density at radius 1 is 0.544 bits per heavy atom. The number of hydrogen-bond acceptors (Lipinski definition) is 4. The molecule has 7 aromatic carbocycles. The lowest BCUT2D eigenvalue weighted by molar-refractivity contribution is 0.279. The van der Waals surface area contributed by atoms with Crippen molar-refractivity contribution in [1.29, 1.82) is 0 Å². The number of aliphatic imine (C=N–C) groups is 1. The number of amidine groups is 1. The molecular weight excluding hydrogens is 961 g/mol. The summed E-state index contributed by atoms with van der Waals surface area (Å²) in [6.45, 7) is 39.8. The van der Waals surface area contributed by atoms with Gasteiger partial charge in [-0.05, 0) is 166 Å². The van der Waals surface area contributed by atoms with E-state index in [1.807, 2.05) is 6.20 Å². The van der Waals surface area contributed by atoms with Gasteiger partial charge >= 0.3 is 0 Å². The number of rotatable bonds is 12. The number of pyridine rings is 1. The standard InChI is InChI=1S/C74H82N4O/c1-44(2)55-31-24-32-56(45(3)4)65(55)51-38-52(40-54(39-51)79-64-43-63-61(37-48(64)9)72(13,14)62-42-53(71(10,11)12)41-60-59-35-26-36-75-70(59)77(63)68(60)62)69-76-73(15,16)74(17,66(49-27-20-18-21-28-49)50-29-22-19-23-30-50)78(69)67-57(46(5)6)33-25-34-58(67)47(7)8/h18-47,66H,1-17H3/t74-/m0/s1. The second-order valence-corrected chi connectivity index (χ2v) is 26.4. The van der Waals surface area contributed by atoms with Gasteiger partial charge in [0, 0.05) is 39.9 Å². The molecule has 0 fully saturated rings. The summed E-state index contributed by atoms with van der Waals surface area (Å²) in [6.07, 6.45) is 1.93.